The summed E-state index contributed by atoms with van der Waals surface area (Å²) in [6.07, 6.45) is 14.7. The Kier molecular flexibility index (Phi) is 9.24. The van der Waals surface area contributed by atoms with E-state index < -0.39 is 10.1 Å². The Hall–Kier alpha value is -0.610. The standard InChI is InChI=1S/C12H22O3S/c1-3-4-5-6-7-8-9-10-11-12-15-16(2,13)14/h7-8,10-11H,3-6,9,12H2,1-2H3/b8-7-,11-10-. The Bertz CT molecular complexity index is 302. The summed E-state index contributed by atoms with van der Waals surface area (Å²) in [6, 6.07) is 0. The molecule has 0 aromatic heterocycles. The maximum atomic E-state index is 10.6. The van der Waals surface area contributed by atoms with Crippen molar-refractivity contribution in [3.8, 4) is 0 Å². The topological polar surface area (TPSA) is 43.4 Å². The van der Waals surface area contributed by atoms with E-state index in [0.717, 1.165) is 19.1 Å². The number of hydrogen-bond donors (Lipinski definition) is 0. The Labute approximate surface area is 99.3 Å². The van der Waals surface area contributed by atoms with Gasteiger partial charge in [0.15, 0.2) is 0 Å². The molecule has 0 atom stereocenters. The van der Waals surface area contributed by atoms with E-state index in [0.29, 0.717) is 0 Å². The van der Waals surface area contributed by atoms with Crippen LogP contribution in [0.5, 0.6) is 0 Å². The molecule has 0 N–H and O–H groups in total. The van der Waals surface area contributed by atoms with Gasteiger partial charge in [0.1, 0.15) is 0 Å². The molecule has 0 aromatic rings. The van der Waals surface area contributed by atoms with E-state index in [9.17, 15) is 8.42 Å². The largest absolute Gasteiger partial charge is 0.266 e. The van der Waals surface area contributed by atoms with Crippen LogP contribution in [0.2, 0.25) is 0 Å². The van der Waals surface area contributed by atoms with E-state index >= 15 is 0 Å². The summed E-state index contributed by atoms with van der Waals surface area (Å²) < 4.78 is 25.7. The first kappa shape index (κ1) is 15.4. The summed E-state index contributed by atoms with van der Waals surface area (Å²) in [6.45, 7) is 2.32. The number of allylic oxidation sites excluding steroid dienone is 3. The number of rotatable bonds is 9. The second-order valence-electron chi connectivity index (χ2n) is 3.66. The van der Waals surface area contributed by atoms with Crippen LogP contribution in [-0.4, -0.2) is 21.3 Å². The first-order valence-corrected chi connectivity index (χ1v) is 7.52. The maximum absolute atomic E-state index is 10.6. The van der Waals surface area contributed by atoms with E-state index in [1.807, 2.05) is 6.08 Å². The summed E-state index contributed by atoms with van der Waals surface area (Å²) in [7, 11) is -3.30. The Morgan fingerprint density at radius 1 is 1.06 bits per heavy atom. The molecule has 3 nitrogen and oxygen atoms in total. The molecule has 0 saturated carbocycles. The lowest BCUT2D eigenvalue weighted by Crippen LogP contribution is -2.01. The van der Waals surface area contributed by atoms with E-state index in [1.54, 1.807) is 6.08 Å². The predicted molar refractivity (Wildman–Crippen MR) is 67.8 cm³/mol. The molecule has 16 heavy (non-hydrogen) atoms. The van der Waals surface area contributed by atoms with Crippen molar-refractivity contribution in [2.75, 3.05) is 12.9 Å². The van der Waals surface area contributed by atoms with Gasteiger partial charge >= 0.3 is 0 Å². The summed E-state index contributed by atoms with van der Waals surface area (Å²) in [5.41, 5.74) is 0. The molecule has 0 aliphatic rings. The molecule has 0 bridgehead atoms. The maximum Gasteiger partial charge on any atom is 0.264 e. The minimum absolute atomic E-state index is 0.127. The van der Waals surface area contributed by atoms with Crippen LogP contribution >= 0.6 is 0 Å². The third-order valence-corrected chi connectivity index (χ3v) is 2.52. The molecule has 4 heteroatoms. The SMILES string of the molecule is CCCCC/C=C\C/C=C\COS(C)(=O)=O. The van der Waals surface area contributed by atoms with Gasteiger partial charge in [-0.05, 0) is 19.3 Å². The van der Waals surface area contributed by atoms with Crippen LogP contribution in [-0.2, 0) is 14.3 Å². The van der Waals surface area contributed by atoms with Crippen molar-refractivity contribution in [3.05, 3.63) is 24.3 Å². The van der Waals surface area contributed by atoms with Crippen LogP contribution in [0.15, 0.2) is 24.3 Å². The molecule has 0 spiro atoms. The summed E-state index contributed by atoms with van der Waals surface area (Å²) in [4.78, 5) is 0. The van der Waals surface area contributed by atoms with Crippen molar-refractivity contribution in [2.45, 2.75) is 39.0 Å². The molecule has 0 unspecified atom stereocenters. The number of hydrogen-bond acceptors (Lipinski definition) is 3. The van der Waals surface area contributed by atoms with Gasteiger partial charge in [-0.3, -0.25) is 4.18 Å². The monoisotopic (exact) mass is 246 g/mol. The minimum Gasteiger partial charge on any atom is -0.266 e. The second kappa shape index (κ2) is 9.60. The molecule has 0 radical (unpaired) electrons. The second-order valence-corrected chi connectivity index (χ2v) is 5.31. The van der Waals surface area contributed by atoms with Crippen LogP contribution in [0.25, 0.3) is 0 Å². The van der Waals surface area contributed by atoms with E-state index in [2.05, 4.69) is 23.3 Å². The first-order valence-electron chi connectivity index (χ1n) is 5.70. The van der Waals surface area contributed by atoms with Gasteiger partial charge in [-0.15, -0.1) is 0 Å². The summed E-state index contributed by atoms with van der Waals surface area (Å²) in [5.74, 6) is 0. The fourth-order valence-corrected chi connectivity index (χ4v) is 1.46. The van der Waals surface area contributed by atoms with Gasteiger partial charge in [0.25, 0.3) is 10.1 Å². The van der Waals surface area contributed by atoms with Crippen molar-refractivity contribution >= 4 is 10.1 Å². The first-order chi connectivity index (χ1) is 7.56. The van der Waals surface area contributed by atoms with Gasteiger partial charge in [0.2, 0.25) is 0 Å². The van der Waals surface area contributed by atoms with Crippen molar-refractivity contribution in [1.29, 1.82) is 0 Å². The highest BCUT2D eigenvalue weighted by molar-refractivity contribution is 7.85. The lowest BCUT2D eigenvalue weighted by atomic mass is 10.2. The van der Waals surface area contributed by atoms with Gasteiger partial charge in [0.05, 0.1) is 12.9 Å². The van der Waals surface area contributed by atoms with Crippen LogP contribution in [0.3, 0.4) is 0 Å². The summed E-state index contributed by atoms with van der Waals surface area (Å²) in [5, 5.41) is 0. The molecule has 0 amide bonds. The van der Waals surface area contributed by atoms with Crippen molar-refractivity contribution < 1.29 is 12.6 Å². The fourth-order valence-electron chi connectivity index (χ4n) is 1.13. The lowest BCUT2D eigenvalue weighted by molar-refractivity contribution is 0.361. The number of unbranched alkanes of at least 4 members (excludes halogenated alkanes) is 3. The van der Waals surface area contributed by atoms with Crippen LogP contribution in [0, 0.1) is 0 Å². The van der Waals surface area contributed by atoms with Crippen molar-refractivity contribution in [3.63, 3.8) is 0 Å². The smallest absolute Gasteiger partial charge is 0.264 e. The molecule has 0 aliphatic heterocycles. The molecule has 0 rings (SSSR count). The zero-order valence-electron chi connectivity index (χ0n) is 10.2. The van der Waals surface area contributed by atoms with Crippen LogP contribution in [0.4, 0.5) is 0 Å². The highest BCUT2D eigenvalue weighted by Gasteiger charge is 1.96. The van der Waals surface area contributed by atoms with Gasteiger partial charge in [-0.25, -0.2) is 0 Å². The van der Waals surface area contributed by atoms with Crippen LogP contribution < -0.4 is 0 Å². The van der Waals surface area contributed by atoms with Crippen LogP contribution in [0.1, 0.15) is 39.0 Å². The average Bonchev–Trinajstić information content (AvgIpc) is 2.19. The Morgan fingerprint density at radius 2 is 1.75 bits per heavy atom. The molecule has 94 valence electrons. The molecule has 0 saturated heterocycles. The molecule has 0 fully saturated rings. The average molecular weight is 246 g/mol. The van der Waals surface area contributed by atoms with E-state index in [1.165, 1.54) is 19.3 Å². The zero-order chi connectivity index (χ0) is 12.3. The van der Waals surface area contributed by atoms with Crippen molar-refractivity contribution in [1.82, 2.24) is 0 Å². The highest BCUT2D eigenvalue weighted by atomic mass is 32.2. The highest BCUT2D eigenvalue weighted by Crippen LogP contribution is 2.00. The predicted octanol–water partition coefficient (Wildman–Crippen LogP) is 3.05. The van der Waals surface area contributed by atoms with Gasteiger partial charge < -0.3 is 0 Å². The minimum atomic E-state index is -3.30. The molecule has 0 aliphatic carbocycles. The third kappa shape index (κ3) is 13.4. The Morgan fingerprint density at radius 3 is 2.38 bits per heavy atom. The molecular weight excluding hydrogens is 224 g/mol. The third-order valence-electron chi connectivity index (χ3n) is 1.96. The van der Waals surface area contributed by atoms with Crippen molar-refractivity contribution in [2.24, 2.45) is 0 Å². The van der Waals surface area contributed by atoms with E-state index in [-0.39, 0.29) is 6.61 Å². The quantitative estimate of drug-likeness (QED) is 0.357. The Balaban J connectivity index is 3.40. The molecule has 0 aromatic carbocycles. The van der Waals surface area contributed by atoms with Gasteiger partial charge in [-0.2, -0.15) is 8.42 Å². The molecular formula is C12H22O3S. The zero-order valence-corrected chi connectivity index (χ0v) is 11.0. The summed E-state index contributed by atoms with van der Waals surface area (Å²) >= 11 is 0. The van der Waals surface area contributed by atoms with Gasteiger partial charge in [-0.1, -0.05) is 44.1 Å². The lowest BCUT2D eigenvalue weighted by Gasteiger charge is -1.94. The van der Waals surface area contributed by atoms with E-state index in [4.69, 9.17) is 0 Å². The normalized spacial score (nSPS) is 12.9. The fraction of sp³-hybridized carbons (Fsp3) is 0.667. The van der Waals surface area contributed by atoms with Gasteiger partial charge in [0, 0.05) is 0 Å². The molecule has 0 heterocycles.